The normalized spacial score (nSPS) is 11.7. The van der Waals surface area contributed by atoms with Crippen LogP contribution >= 0.6 is 11.3 Å². The molecule has 0 unspecified atom stereocenters. The van der Waals surface area contributed by atoms with Crippen LogP contribution in [0.3, 0.4) is 0 Å². The number of benzene rings is 2. The van der Waals surface area contributed by atoms with Gasteiger partial charge in [-0.15, -0.1) is 13.2 Å². The van der Waals surface area contributed by atoms with Crippen LogP contribution in [0.25, 0.3) is 21.3 Å². The second-order valence-electron chi connectivity index (χ2n) is 6.72. The average molecular weight is 465 g/mol. The summed E-state index contributed by atoms with van der Waals surface area (Å²) in [5.74, 6) is 0.276. The van der Waals surface area contributed by atoms with Crippen molar-refractivity contribution in [1.82, 2.24) is 19.9 Å². The number of alkyl halides is 3. The third kappa shape index (κ3) is 4.26. The summed E-state index contributed by atoms with van der Waals surface area (Å²) in [5.41, 5.74) is 2.17. The minimum absolute atomic E-state index is 0.269. The highest BCUT2D eigenvalue weighted by atomic mass is 32.1. The van der Waals surface area contributed by atoms with E-state index in [0.29, 0.717) is 44.7 Å². The third-order valence-corrected chi connectivity index (χ3v) is 5.53. The number of hydrogen-bond donors (Lipinski definition) is 2. The van der Waals surface area contributed by atoms with Crippen molar-refractivity contribution in [2.45, 2.75) is 13.3 Å². The Bertz CT molecular complexity index is 1320. The Kier molecular flexibility index (Phi) is 5.55. The molecule has 0 spiro atoms. The molecule has 1 amide bonds. The van der Waals surface area contributed by atoms with Crippen LogP contribution in [0, 0.1) is 0 Å². The van der Waals surface area contributed by atoms with Crippen LogP contribution in [0.2, 0.25) is 0 Å². The molecule has 0 bridgehead atoms. The molecule has 168 valence electrons. The van der Waals surface area contributed by atoms with Crippen molar-refractivity contribution in [3.8, 4) is 11.5 Å². The Labute approximate surface area is 184 Å². The lowest BCUT2D eigenvalue weighted by molar-refractivity contribution is -0.274. The van der Waals surface area contributed by atoms with Gasteiger partial charge in [-0.2, -0.15) is 0 Å². The summed E-state index contributed by atoms with van der Waals surface area (Å²) >= 11 is 1.16. The number of aryl methyl sites for hydroxylation is 1. The monoisotopic (exact) mass is 465 g/mol. The lowest BCUT2D eigenvalue weighted by atomic mass is 10.1. The number of imidazole rings is 1. The Hall–Kier alpha value is -3.54. The van der Waals surface area contributed by atoms with E-state index in [1.807, 2.05) is 6.92 Å². The van der Waals surface area contributed by atoms with Gasteiger partial charge < -0.3 is 24.7 Å². The largest absolute Gasteiger partial charge is 0.573 e. The van der Waals surface area contributed by atoms with Crippen molar-refractivity contribution in [2.24, 2.45) is 7.05 Å². The highest BCUT2D eigenvalue weighted by Gasteiger charge is 2.31. The van der Waals surface area contributed by atoms with Crippen LogP contribution in [0.1, 0.15) is 17.3 Å². The Morgan fingerprint density at radius 1 is 1.19 bits per heavy atom. The number of methoxy groups -OCH3 is 1. The Morgan fingerprint density at radius 3 is 2.66 bits per heavy atom. The molecule has 2 heterocycles. The smallest absolute Gasteiger partial charge is 0.496 e. The number of amides is 1. The van der Waals surface area contributed by atoms with Gasteiger partial charge in [0.25, 0.3) is 5.91 Å². The van der Waals surface area contributed by atoms with Gasteiger partial charge in [0, 0.05) is 25.7 Å². The van der Waals surface area contributed by atoms with Crippen LogP contribution in [0.5, 0.6) is 11.5 Å². The topological polar surface area (TPSA) is 90.3 Å². The van der Waals surface area contributed by atoms with Gasteiger partial charge in [0.2, 0.25) is 5.95 Å². The van der Waals surface area contributed by atoms with Crippen molar-refractivity contribution in [1.29, 1.82) is 0 Å². The number of nitrogens with zero attached hydrogens (tertiary/aromatic N) is 3. The fraction of sp³-hybridized carbons (Fsp3) is 0.250. The molecule has 4 aromatic rings. The molecular weight excluding hydrogens is 447 g/mol. The molecule has 2 aromatic heterocycles. The van der Waals surface area contributed by atoms with Crippen molar-refractivity contribution >= 4 is 49.6 Å². The quantitative estimate of drug-likeness (QED) is 0.433. The zero-order valence-corrected chi connectivity index (χ0v) is 18.0. The van der Waals surface area contributed by atoms with Gasteiger partial charge in [-0.3, -0.25) is 4.79 Å². The molecule has 0 radical (unpaired) electrons. The third-order valence-electron chi connectivity index (χ3n) is 4.60. The molecule has 0 saturated carbocycles. The molecule has 8 nitrogen and oxygen atoms in total. The standard InChI is InChI=1S/C20H18F3N5O3S/c1-4-24-17(29)11-8-13-14(9-15(11)30-3)28(2)18(25-13)27-19-26-12-6-5-10(7-16(12)32-19)31-20(21,22)23/h5-9H,4H2,1-3H3,(H,24,29)(H,25,26,27). The van der Waals surface area contributed by atoms with Crippen molar-refractivity contribution in [3.05, 3.63) is 35.9 Å². The fourth-order valence-electron chi connectivity index (χ4n) is 3.18. The Balaban J connectivity index is 1.67. The lowest BCUT2D eigenvalue weighted by Crippen LogP contribution is -2.23. The molecule has 0 aliphatic rings. The number of rotatable bonds is 6. The maximum absolute atomic E-state index is 12.5. The van der Waals surface area contributed by atoms with Gasteiger partial charge in [-0.25, -0.2) is 9.97 Å². The van der Waals surface area contributed by atoms with Gasteiger partial charge in [0.15, 0.2) is 5.13 Å². The van der Waals surface area contributed by atoms with Gasteiger partial charge in [-0.05, 0) is 25.1 Å². The Morgan fingerprint density at radius 2 is 1.97 bits per heavy atom. The molecule has 0 aliphatic carbocycles. The molecule has 0 saturated heterocycles. The lowest BCUT2D eigenvalue weighted by Gasteiger charge is -2.09. The number of hydrogen-bond acceptors (Lipinski definition) is 7. The molecule has 4 rings (SSSR count). The van der Waals surface area contributed by atoms with E-state index in [2.05, 4.69) is 25.3 Å². The SMILES string of the molecule is CCNC(=O)c1cc2nc(Nc3nc4ccc(OC(F)(F)F)cc4s3)n(C)c2cc1OC. The summed E-state index contributed by atoms with van der Waals surface area (Å²) in [7, 11) is 3.27. The van der Waals surface area contributed by atoms with E-state index in [0.717, 1.165) is 16.9 Å². The minimum Gasteiger partial charge on any atom is -0.496 e. The van der Waals surface area contributed by atoms with E-state index in [4.69, 9.17) is 4.74 Å². The number of fused-ring (bicyclic) bond motifs is 2. The first-order chi connectivity index (χ1) is 15.2. The van der Waals surface area contributed by atoms with Crippen LogP contribution in [0.4, 0.5) is 24.3 Å². The predicted molar refractivity (Wildman–Crippen MR) is 115 cm³/mol. The average Bonchev–Trinajstić information content (AvgIpc) is 3.26. The first-order valence-electron chi connectivity index (χ1n) is 9.44. The first kappa shape index (κ1) is 21.7. The zero-order valence-electron chi connectivity index (χ0n) is 17.2. The first-order valence-corrected chi connectivity index (χ1v) is 10.3. The van der Waals surface area contributed by atoms with E-state index in [9.17, 15) is 18.0 Å². The fourth-order valence-corrected chi connectivity index (χ4v) is 4.07. The van der Waals surface area contributed by atoms with E-state index < -0.39 is 6.36 Å². The van der Waals surface area contributed by atoms with E-state index >= 15 is 0 Å². The molecule has 0 atom stereocenters. The number of aromatic nitrogens is 3. The summed E-state index contributed by atoms with van der Waals surface area (Å²) < 4.78 is 49.0. The summed E-state index contributed by atoms with van der Waals surface area (Å²) in [4.78, 5) is 21.3. The minimum atomic E-state index is -4.76. The molecule has 32 heavy (non-hydrogen) atoms. The van der Waals surface area contributed by atoms with E-state index in [1.165, 1.54) is 25.3 Å². The van der Waals surface area contributed by atoms with Crippen molar-refractivity contribution in [3.63, 3.8) is 0 Å². The predicted octanol–water partition coefficient (Wildman–Crippen LogP) is 4.58. The highest BCUT2D eigenvalue weighted by molar-refractivity contribution is 7.22. The zero-order chi connectivity index (χ0) is 23.0. The van der Waals surface area contributed by atoms with Crippen LogP contribution in [-0.2, 0) is 7.05 Å². The number of ether oxygens (including phenoxy) is 2. The second kappa shape index (κ2) is 8.19. The molecule has 0 fully saturated rings. The van der Waals surface area contributed by atoms with Crippen molar-refractivity contribution in [2.75, 3.05) is 19.0 Å². The van der Waals surface area contributed by atoms with Crippen molar-refractivity contribution < 1.29 is 27.4 Å². The number of halogens is 3. The molecule has 2 N–H and O–H groups in total. The summed E-state index contributed by atoms with van der Waals surface area (Å²) in [6.07, 6.45) is -4.76. The van der Waals surface area contributed by atoms with Crippen LogP contribution in [-0.4, -0.2) is 40.5 Å². The number of nitrogens with one attached hydrogen (secondary N) is 2. The number of anilines is 2. The van der Waals surface area contributed by atoms with Gasteiger partial charge in [0.1, 0.15) is 11.5 Å². The van der Waals surface area contributed by atoms with Crippen LogP contribution < -0.4 is 20.1 Å². The summed E-state index contributed by atoms with van der Waals surface area (Å²) in [6, 6.07) is 7.31. The van der Waals surface area contributed by atoms with E-state index in [1.54, 1.807) is 23.7 Å². The number of carbonyl (C=O) groups excluding carboxylic acids is 1. The van der Waals surface area contributed by atoms with Crippen LogP contribution in [0.15, 0.2) is 30.3 Å². The maximum atomic E-state index is 12.5. The summed E-state index contributed by atoms with van der Waals surface area (Å²) in [6.45, 7) is 2.30. The second-order valence-corrected chi connectivity index (χ2v) is 7.75. The van der Waals surface area contributed by atoms with Gasteiger partial charge in [-0.1, -0.05) is 11.3 Å². The van der Waals surface area contributed by atoms with Gasteiger partial charge >= 0.3 is 6.36 Å². The van der Waals surface area contributed by atoms with E-state index in [-0.39, 0.29) is 11.7 Å². The maximum Gasteiger partial charge on any atom is 0.573 e. The molecular formula is C20H18F3N5O3S. The molecule has 0 aliphatic heterocycles. The summed E-state index contributed by atoms with van der Waals surface area (Å²) in [5, 5.41) is 6.27. The highest BCUT2D eigenvalue weighted by Crippen LogP contribution is 2.34. The number of thiazole rings is 1. The number of carbonyl (C=O) groups is 1. The molecule has 12 heteroatoms. The van der Waals surface area contributed by atoms with Gasteiger partial charge in [0.05, 0.1) is 33.9 Å². The molecule has 2 aromatic carbocycles.